The predicted molar refractivity (Wildman–Crippen MR) is 153 cm³/mol. The molecule has 0 saturated carbocycles. The molecule has 0 aromatic carbocycles. The summed E-state index contributed by atoms with van der Waals surface area (Å²) in [5, 5.41) is 0. The molecule has 0 N–H and O–H groups in total. The Bertz CT molecular complexity index is 366. The van der Waals surface area contributed by atoms with E-state index in [1.165, 1.54) is 73.1 Å². The molecular weight excluding hydrogens is 614 g/mol. The summed E-state index contributed by atoms with van der Waals surface area (Å²) in [6, 6.07) is 0. The number of alkyl halides is 2. The second-order valence-corrected chi connectivity index (χ2v) is 10.4. The molecule has 184 valence electrons. The summed E-state index contributed by atoms with van der Waals surface area (Å²) in [6.07, 6.45) is 27.2. The first-order valence-corrected chi connectivity index (χ1v) is 15.5. The van der Waals surface area contributed by atoms with Crippen molar-refractivity contribution in [2.24, 2.45) is 0 Å². The van der Waals surface area contributed by atoms with Crippen LogP contribution in [-0.4, -0.2) is 34.6 Å². The molecule has 0 amide bonds. The molecule has 3 nitrogen and oxygen atoms in total. The number of halogens is 2. The third-order valence-corrected chi connectivity index (χ3v) is 6.72. The van der Waals surface area contributed by atoms with Crippen molar-refractivity contribution in [3.8, 4) is 0 Å². The molecule has 0 heterocycles. The number of rotatable bonds is 24. The van der Waals surface area contributed by atoms with E-state index in [4.69, 9.17) is 14.2 Å². The molecule has 0 rings (SSSR count). The van der Waals surface area contributed by atoms with Gasteiger partial charge in [0.25, 0.3) is 0 Å². The zero-order chi connectivity index (χ0) is 22.8. The van der Waals surface area contributed by atoms with Gasteiger partial charge in [-0.1, -0.05) is 95.2 Å². The third kappa shape index (κ3) is 26.9. The van der Waals surface area contributed by atoms with E-state index in [2.05, 4.69) is 83.3 Å². The number of hydrogen-bond donors (Lipinski definition) is 0. The van der Waals surface area contributed by atoms with Crippen LogP contribution in [0.5, 0.6) is 0 Å². The Morgan fingerprint density at radius 3 is 1.35 bits per heavy atom. The van der Waals surface area contributed by atoms with Crippen LogP contribution in [0.1, 0.15) is 104 Å². The SMILES string of the molecule is CC(CCC=CCCCCCCI)OCOCOC(C)CCC=CCCCCCCI. The van der Waals surface area contributed by atoms with Crippen LogP contribution in [0, 0.1) is 0 Å². The lowest BCUT2D eigenvalue weighted by Gasteiger charge is -2.14. The maximum absolute atomic E-state index is 5.71. The molecule has 2 unspecified atom stereocenters. The number of ether oxygens (including phenoxy) is 3. The van der Waals surface area contributed by atoms with Crippen LogP contribution in [0.25, 0.3) is 0 Å². The topological polar surface area (TPSA) is 27.7 Å². The highest BCUT2D eigenvalue weighted by molar-refractivity contribution is 14.1. The van der Waals surface area contributed by atoms with Crippen molar-refractivity contribution in [3.05, 3.63) is 24.3 Å². The Morgan fingerprint density at radius 1 is 0.548 bits per heavy atom. The molecular formula is C26H48I2O3. The Balaban J connectivity index is 3.40. The molecule has 0 aromatic heterocycles. The van der Waals surface area contributed by atoms with Crippen LogP contribution in [-0.2, 0) is 14.2 Å². The fourth-order valence-corrected chi connectivity index (χ4v) is 4.16. The van der Waals surface area contributed by atoms with Crippen LogP contribution in [0.3, 0.4) is 0 Å². The molecule has 0 radical (unpaired) electrons. The molecule has 0 aliphatic rings. The molecule has 0 aliphatic carbocycles. The quantitative estimate of drug-likeness (QED) is 0.0339. The Labute approximate surface area is 220 Å². The maximum Gasteiger partial charge on any atom is 0.149 e. The fraction of sp³-hybridized carbons (Fsp3) is 0.846. The minimum Gasteiger partial charge on any atom is -0.352 e. The lowest BCUT2D eigenvalue weighted by Crippen LogP contribution is -2.15. The van der Waals surface area contributed by atoms with E-state index in [9.17, 15) is 0 Å². The Morgan fingerprint density at radius 2 is 0.935 bits per heavy atom. The van der Waals surface area contributed by atoms with Crippen molar-refractivity contribution in [1.82, 2.24) is 0 Å². The minimum absolute atomic E-state index is 0.220. The molecule has 2 atom stereocenters. The second kappa shape index (κ2) is 27.1. The molecule has 31 heavy (non-hydrogen) atoms. The molecule has 0 bridgehead atoms. The molecule has 0 spiro atoms. The first-order chi connectivity index (χ1) is 15.2. The largest absolute Gasteiger partial charge is 0.352 e. The van der Waals surface area contributed by atoms with Gasteiger partial charge in [0.05, 0.1) is 12.2 Å². The highest BCUT2D eigenvalue weighted by atomic mass is 127. The summed E-state index contributed by atoms with van der Waals surface area (Å²) in [5.74, 6) is 0. The molecule has 0 aliphatic heterocycles. The highest BCUT2D eigenvalue weighted by Crippen LogP contribution is 2.09. The van der Waals surface area contributed by atoms with E-state index in [1.54, 1.807) is 0 Å². The van der Waals surface area contributed by atoms with Crippen LogP contribution in [0.4, 0.5) is 0 Å². The first kappa shape index (κ1) is 31.8. The normalized spacial score (nSPS) is 14.1. The monoisotopic (exact) mass is 662 g/mol. The lowest BCUT2D eigenvalue weighted by molar-refractivity contribution is -0.160. The van der Waals surface area contributed by atoms with Gasteiger partial charge < -0.3 is 14.2 Å². The predicted octanol–water partition coefficient (Wildman–Crippen LogP) is 9.17. The van der Waals surface area contributed by atoms with Gasteiger partial charge in [0.1, 0.15) is 13.6 Å². The highest BCUT2D eigenvalue weighted by Gasteiger charge is 2.03. The van der Waals surface area contributed by atoms with Gasteiger partial charge >= 0.3 is 0 Å². The van der Waals surface area contributed by atoms with E-state index >= 15 is 0 Å². The van der Waals surface area contributed by atoms with E-state index < -0.39 is 0 Å². The molecule has 0 fully saturated rings. The van der Waals surface area contributed by atoms with Crippen LogP contribution < -0.4 is 0 Å². The summed E-state index contributed by atoms with van der Waals surface area (Å²) in [4.78, 5) is 0. The Kier molecular flexibility index (Phi) is 27.8. The van der Waals surface area contributed by atoms with E-state index in [0.29, 0.717) is 13.6 Å². The van der Waals surface area contributed by atoms with Gasteiger partial charge in [-0.2, -0.15) is 0 Å². The van der Waals surface area contributed by atoms with E-state index in [-0.39, 0.29) is 12.2 Å². The van der Waals surface area contributed by atoms with Gasteiger partial charge in [0.15, 0.2) is 0 Å². The standard InChI is InChI=1S/C26H48I2O3/c1-25(19-15-11-7-3-5-9-13-17-21-27)30-23-29-24-31-26(2)20-16-12-8-4-6-10-14-18-22-28/h7-8,11-12,25-26H,3-6,9-10,13-24H2,1-2H3. The van der Waals surface area contributed by atoms with Crippen molar-refractivity contribution in [1.29, 1.82) is 0 Å². The van der Waals surface area contributed by atoms with Crippen LogP contribution in [0.2, 0.25) is 0 Å². The smallest absolute Gasteiger partial charge is 0.149 e. The zero-order valence-electron chi connectivity index (χ0n) is 20.2. The van der Waals surface area contributed by atoms with Gasteiger partial charge in [-0.3, -0.25) is 0 Å². The summed E-state index contributed by atoms with van der Waals surface area (Å²) in [6.45, 7) is 4.85. The van der Waals surface area contributed by atoms with Gasteiger partial charge in [-0.15, -0.1) is 0 Å². The number of unbranched alkanes of at least 4 members (excludes halogenated alkanes) is 8. The average Bonchev–Trinajstić information content (AvgIpc) is 2.76. The van der Waals surface area contributed by atoms with Crippen LogP contribution >= 0.6 is 45.2 Å². The van der Waals surface area contributed by atoms with Crippen molar-refractivity contribution in [2.75, 3.05) is 22.4 Å². The van der Waals surface area contributed by atoms with Gasteiger partial charge in [-0.25, -0.2) is 0 Å². The van der Waals surface area contributed by atoms with Crippen molar-refractivity contribution < 1.29 is 14.2 Å². The van der Waals surface area contributed by atoms with Crippen molar-refractivity contribution >= 4 is 45.2 Å². The number of hydrogen-bond acceptors (Lipinski definition) is 3. The van der Waals surface area contributed by atoms with Gasteiger partial charge in [-0.05, 0) is 86.9 Å². The van der Waals surface area contributed by atoms with Crippen molar-refractivity contribution in [3.63, 3.8) is 0 Å². The maximum atomic E-state index is 5.71. The summed E-state index contributed by atoms with van der Waals surface area (Å²) in [5.41, 5.74) is 0. The second-order valence-electron chi connectivity index (χ2n) is 8.28. The molecule has 5 heteroatoms. The van der Waals surface area contributed by atoms with Gasteiger partial charge in [0.2, 0.25) is 0 Å². The van der Waals surface area contributed by atoms with E-state index in [0.717, 1.165) is 25.7 Å². The van der Waals surface area contributed by atoms with Crippen molar-refractivity contribution in [2.45, 2.75) is 116 Å². The van der Waals surface area contributed by atoms with Gasteiger partial charge in [0, 0.05) is 0 Å². The summed E-state index contributed by atoms with van der Waals surface area (Å²) in [7, 11) is 0. The van der Waals surface area contributed by atoms with E-state index in [1.807, 2.05) is 0 Å². The average molecular weight is 662 g/mol. The third-order valence-electron chi connectivity index (χ3n) is 5.19. The van der Waals surface area contributed by atoms with Crippen LogP contribution in [0.15, 0.2) is 24.3 Å². The number of allylic oxidation sites excluding steroid dienone is 4. The molecule has 0 aromatic rings. The fourth-order valence-electron chi connectivity index (χ4n) is 3.08. The lowest BCUT2D eigenvalue weighted by atomic mass is 10.1. The zero-order valence-corrected chi connectivity index (χ0v) is 24.5. The Hall–Kier alpha value is 0.820. The molecule has 0 saturated heterocycles. The summed E-state index contributed by atoms with van der Waals surface area (Å²) < 4.78 is 19.5. The summed E-state index contributed by atoms with van der Waals surface area (Å²) >= 11 is 4.91. The first-order valence-electron chi connectivity index (χ1n) is 12.4. The minimum atomic E-state index is 0.220.